The van der Waals surface area contributed by atoms with Crippen molar-refractivity contribution in [2.45, 2.75) is 59.8 Å². The number of benzene rings is 4. The molecule has 0 saturated heterocycles. The van der Waals surface area contributed by atoms with Crippen LogP contribution in [-0.4, -0.2) is 76.0 Å². The summed E-state index contributed by atoms with van der Waals surface area (Å²) in [5.41, 5.74) is 3.33. The van der Waals surface area contributed by atoms with Gasteiger partial charge in [-0.25, -0.2) is 0 Å². The van der Waals surface area contributed by atoms with E-state index in [4.69, 9.17) is 5.73 Å². The molecule has 2 aliphatic rings. The van der Waals surface area contributed by atoms with Gasteiger partial charge >= 0.3 is 0 Å². The van der Waals surface area contributed by atoms with Crippen LogP contribution in [0.5, 0.6) is 0 Å². The van der Waals surface area contributed by atoms with E-state index in [9.17, 15) is 53.3 Å². The lowest BCUT2D eigenvalue weighted by Crippen LogP contribution is -2.29. The summed E-state index contributed by atoms with van der Waals surface area (Å²) in [6.45, 7) is 2.13. The Morgan fingerprint density at radius 3 is 2.02 bits per heavy atom. The lowest BCUT2D eigenvalue weighted by atomic mass is 9.80. The molecule has 0 atom stereocenters. The maximum absolute atomic E-state index is 14.6. The minimum atomic E-state index is -5.33. The number of hydrogen-bond donors (Lipinski definition) is 7. The Balaban J connectivity index is 1.30. The van der Waals surface area contributed by atoms with Gasteiger partial charge in [0.15, 0.2) is 11.6 Å². The number of carbonyl (C=O) groups excluding carboxylic acids is 2. The number of anilines is 6. The van der Waals surface area contributed by atoms with Crippen molar-refractivity contribution in [2.75, 3.05) is 21.7 Å². The monoisotopic (exact) mass is 930 g/mol. The number of carbonyl (C=O) groups is 2. The van der Waals surface area contributed by atoms with Gasteiger partial charge in [0.1, 0.15) is 9.79 Å². The van der Waals surface area contributed by atoms with Crippen LogP contribution in [0.1, 0.15) is 70.9 Å². The van der Waals surface area contributed by atoms with Crippen LogP contribution in [0.3, 0.4) is 0 Å². The number of rotatable bonds is 12. The first kappa shape index (κ1) is 44.0. The number of nitrogens with zero attached hydrogens (tertiary/aromatic N) is 4. The molecule has 0 bridgehead atoms. The van der Waals surface area contributed by atoms with E-state index in [1.54, 1.807) is 6.07 Å². The van der Waals surface area contributed by atoms with Gasteiger partial charge in [-0.05, 0) is 73.6 Å². The zero-order valence-corrected chi connectivity index (χ0v) is 36.2. The molecule has 332 valence electrons. The molecule has 0 radical (unpaired) electrons. The number of aromatic nitrogens is 4. The van der Waals surface area contributed by atoms with E-state index in [0.29, 0.717) is 12.0 Å². The second kappa shape index (κ2) is 16.2. The van der Waals surface area contributed by atoms with Gasteiger partial charge in [-0.3, -0.25) is 28.0 Å². The first-order chi connectivity index (χ1) is 30.1. The summed E-state index contributed by atoms with van der Waals surface area (Å²) < 4.78 is 107. The molecule has 20 nitrogen and oxygen atoms in total. The third kappa shape index (κ3) is 8.19. The normalized spacial score (nSPS) is 16.3. The number of aryl methyl sites for hydroxylation is 1. The van der Waals surface area contributed by atoms with Gasteiger partial charge in [-0.2, -0.15) is 40.2 Å². The summed E-state index contributed by atoms with van der Waals surface area (Å²) in [5.74, 6) is -1.55. The first-order valence-corrected chi connectivity index (χ1v) is 23.9. The lowest BCUT2D eigenvalue weighted by molar-refractivity contribution is 0.102. The fraction of sp³-hybridized carbons (Fsp3) is 0.220. The molecule has 2 aromatic heterocycles. The number of ketones is 2. The highest BCUT2D eigenvalue weighted by Gasteiger charge is 2.35. The molecule has 8 rings (SSSR count). The minimum absolute atomic E-state index is 0.00162. The minimum Gasteiger partial charge on any atom is -0.368 e. The van der Waals surface area contributed by atoms with Crippen molar-refractivity contribution in [3.63, 3.8) is 0 Å². The summed E-state index contributed by atoms with van der Waals surface area (Å²) in [6.07, 6.45) is 4.68. The predicted molar refractivity (Wildman–Crippen MR) is 234 cm³/mol. The summed E-state index contributed by atoms with van der Waals surface area (Å²) in [4.78, 5) is 52.9. The number of fused-ring (bicyclic) bond motifs is 2. The van der Waals surface area contributed by atoms with Crippen LogP contribution in [0.25, 0.3) is 22.0 Å². The van der Waals surface area contributed by atoms with E-state index in [0.717, 1.165) is 54.9 Å². The average molecular weight is 931 g/mol. The van der Waals surface area contributed by atoms with Crippen LogP contribution < -0.4 is 27.2 Å². The second-order valence-corrected chi connectivity index (χ2v) is 19.6. The Bertz CT molecular complexity index is 3390. The van der Waals surface area contributed by atoms with E-state index in [1.807, 2.05) is 0 Å². The molecule has 2 aliphatic carbocycles. The fourth-order valence-electron chi connectivity index (χ4n) is 8.29. The lowest BCUT2D eigenvalue weighted by Gasteiger charge is -2.28. The molecule has 4 aromatic carbocycles. The topological polar surface area (TPSA) is 320 Å². The summed E-state index contributed by atoms with van der Waals surface area (Å²) in [7, 11) is -14.0. The molecular formula is C41H38N8O12S3. The first-order valence-electron chi connectivity index (χ1n) is 19.5. The average Bonchev–Trinajstić information content (AvgIpc) is 3.23. The van der Waals surface area contributed by atoms with Gasteiger partial charge in [0.2, 0.25) is 17.8 Å². The summed E-state index contributed by atoms with van der Waals surface area (Å²) >= 11 is 0. The standard InChI is InChI=1S/C41H38N8O12S3/c1-3-20-11-13-22(14-12-20)43-40-46-39(42)47-41(48-40)45-28-18-27(30(63(56,57)58)19-31(28)64(59,60)61)44-26-15-16-29-34-32(24-9-4-5-10-25(24)37(51)33(26)34)35(38(52)49(29)2)36(50)21-7-6-8-23(17-21)62(53,54)55/h4-10,15-20,22,44H,3,11-14H2,1-2H3,(H,53,54,55)(H,56,57,58)(H,59,60,61)(H4,42,43,45,46,47,48). The SMILES string of the molecule is CCC1CCC(Nc2nc(N)nc(Nc3cc(Nc4ccc5c6c4C(=O)c4ccccc4-c6c(C(=O)c4cccc(S(=O)(=O)O)c4)c(=O)n5C)c(S(=O)(=O)O)cc3S(=O)(=O)O)n2)CC1. The molecule has 1 saturated carbocycles. The summed E-state index contributed by atoms with van der Waals surface area (Å²) in [5, 5.41) is 8.70. The third-order valence-electron chi connectivity index (χ3n) is 11.4. The highest BCUT2D eigenvalue weighted by atomic mass is 32.2. The smallest absolute Gasteiger partial charge is 0.296 e. The number of nitrogen functional groups attached to an aromatic ring is 1. The number of nitrogens with two attached hydrogens (primary N) is 1. The fourth-order valence-corrected chi connectivity index (χ4v) is 10.2. The molecule has 0 aliphatic heterocycles. The Morgan fingerprint density at radius 2 is 1.38 bits per heavy atom. The van der Waals surface area contributed by atoms with E-state index in [1.165, 1.54) is 49.5 Å². The molecule has 0 spiro atoms. The number of hydrogen-bond acceptors (Lipinski definition) is 16. The van der Waals surface area contributed by atoms with Crippen molar-refractivity contribution in [1.29, 1.82) is 0 Å². The maximum atomic E-state index is 14.6. The number of nitrogens with one attached hydrogen (secondary N) is 3. The van der Waals surface area contributed by atoms with Crippen molar-refractivity contribution in [3.8, 4) is 11.1 Å². The van der Waals surface area contributed by atoms with Crippen LogP contribution in [0.15, 0.2) is 92.3 Å². The van der Waals surface area contributed by atoms with Crippen LogP contribution >= 0.6 is 0 Å². The van der Waals surface area contributed by atoms with Crippen LogP contribution in [0.2, 0.25) is 0 Å². The third-order valence-corrected chi connectivity index (χ3v) is 14.1. The van der Waals surface area contributed by atoms with Gasteiger partial charge < -0.3 is 26.3 Å². The molecule has 64 heavy (non-hydrogen) atoms. The number of pyridine rings is 1. The molecule has 6 aromatic rings. The van der Waals surface area contributed by atoms with E-state index < -0.39 is 79.1 Å². The molecule has 8 N–H and O–H groups in total. The van der Waals surface area contributed by atoms with Crippen molar-refractivity contribution >= 4 is 87.7 Å². The van der Waals surface area contributed by atoms with Gasteiger partial charge in [0, 0.05) is 35.2 Å². The zero-order chi connectivity index (χ0) is 46.0. The molecule has 0 amide bonds. The highest BCUT2D eigenvalue weighted by Crippen LogP contribution is 2.45. The van der Waals surface area contributed by atoms with Crippen molar-refractivity contribution in [1.82, 2.24) is 19.5 Å². The molecule has 23 heteroatoms. The van der Waals surface area contributed by atoms with Crippen molar-refractivity contribution < 1.29 is 48.5 Å². The highest BCUT2D eigenvalue weighted by molar-refractivity contribution is 7.87. The van der Waals surface area contributed by atoms with E-state index in [2.05, 4.69) is 37.8 Å². The largest absolute Gasteiger partial charge is 0.368 e. The van der Waals surface area contributed by atoms with Crippen LogP contribution in [0.4, 0.5) is 34.9 Å². The summed E-state index contributed by atoms with van der Waals surface area (Å²) in [6, 6.07) is 14.5. The molecule has 2 heterocycles. The van der Waals surface area contributed by atoms with E-state index >= 15 is 0 Å². The Kier molecular flexibility index (Phi) is 11.1. The Morgan fingerprint density at radius 1 is 0.734 bits per heavy atom. The van der Waals surface area contributed by atoms with Gasteiger partial charge in [-0.1, -0.05) is 49.7 Å². The van der Waals surface area contributed by atoms with E-state index in [-0.39, 0.29) is 68.3 Å². The van der Waals surface area contributed by atoms with Gasteiger partial charge in [0.05, 0.1) is 38.6 Å². The Labute approximate surface area is 365 Å². The second-order valence-electron chi connectivity index (χ2n) is 15.4. The molecular weight excluding hydrogens is 893 g/mol. The predicted octanol–water partition coefficient (Wildman–Crippen LogP) is 5.36. The van der Waals surface area contributed by atoms with Crippen molar-refractivity contribution in [2.24, 2.45) is 13.0 Å². The van der Waals surface area contributed by atoms with Crippen LogP contribution in [0, 0.1) is 5.92 Å². The van der Waals surface area contributed by atoms with Crippen LogP contribution in [-0.2, 0) is 37.4 Å². The van der Waals surface area contributed by atoms with Gasteiger partial charge in [0.25, 0.3) is 35.9 Å². The van der Waals surface area contributed by atoms with Gasteiger partial charge in [-0.15, -0.1) is 0 Å². The Hall–Kier alpha value is -6.63. The molecule has 1 fully saturated rings. The maximum Gasteiger partial charge on any atom is 0.296 e. The quantitative estimate of drug-likeness (QED) is 0.0599. The molecule has 0 unspecified atom stereocenters. The van der Waals surface area contributed by atoms with Crippen molar-refractivity contribution in [3.05, 3.63) is 105 Å². The zero-order valence-electron chi connectivity index (χ0n) is 33.7.